The number of benzene rings is 1. The number of hydrogen-bond acceptors (Lipinski definition) is 2. The first-order valence-corrected chi connectivity index (χ1v) is 7.45. The van der Waals surface area contributed by atoms with Gasteiger partial charge in [-0.2, -0.15) is 0 Å². The number of carbonyl (C=O) groups is 1. The van der Waals surface area contributed by atoms with E-state index in [1.165, 1.54) is 0 Å². The Labute approximate surface area is 123 Å². The lowest BCUT2D eigenvalue weighted by molar-refractivity contribution is 0.0780. The SMILES string of the molecule is COc1cc(Br)ccc1C(=O)N1CCC(C(C)C)C1. The van der Waals surface area contributed by atoms with Crippen molar-refractivity contribution in [3.8, 4) is 5.75 Å². The molecule has 1 aliphatic heterocycles. The highest BCUT2D eigenvalue weighted by Crippen LogP contribution is 2.29. The van der Waals surface area contributed by atoms with Crippen LogP contribution in [0.3, 0.4) is 0 Å². The topological polar surface area (TPSA) is 29.5 Å². The van der Waals surface area contributed by atoms with Crippen molar-refractivity contribution in [2.24, 2.45) is 11.8 Å². The Hall–Kier alpha value is -1.03. The second kappa shape index (κ2) is 5.95. The van der Waals surface area contributed by atoms with Crippen LogP contribution in [0.5, 0.6) is 5.75 Å². The molecule has 0 N–H and O–H groups in total. The molecule has 1 heterocycles. The van der Waals surface area contributed by atoms with Crippen LogP contribution in [0, 0.1) is 11.8 Å². The van der Waals surface area contributed by atoms with E-state index in [0.717, 1.165) is 24.0 Å². The Bertz CT molecular complexity index is 473. The molecule has 1 saturated heterocycles. The maximum atomic E-state index is 12.5. The smallest absolute Gasteiger partial charge is 0.257 e. The first-order chi connectivity index (χ1) is 9.02. The largest absolute Gasteiger partial charge is 0.496 e. The van der Waals surface area contributed by atoms with Gasteiger partial charge in [0.15, 0.2) is 0 Å². The molecule has 0 aliphatic carbocycles. The first kappa shape index (κ1) is 14.4. The van der Waals surface area contributed by atoms with Gasteiger partial charge < -0.3 is 9.64 Å². The van der Waals surface area contributed by atoms with Crippen molar-refractivity contribution in [2.75, 3.05) is 20.2 Å². The third-order valence-corrected chi connectivity index (χ3v) is 4.34. The predicted octanol–water partition coefficient (Wildman–Crippen LogP) is 3.58. The van der Waals surface area contributed by atoms with Gasteiger partial charge in [-0.05, 0) is 36.5 Å². The van der Waals surface area contributed by atoms with E-state index in [2.05, 4.69) is 29.8 Å². The molecule has 1 aromatic rings. The molecule has 1 aliphatic rings. The number of likely N-dealkylation sites (tertiary alicyclic amines) is 1. The Balaban J connectivity index is 2.17. The quantitative estimate of drug-likeness (QED) is 0.850. The highest BCUT2D eigenvalue weighted by atomic mass is 79.9. The maximum Gasteiger partial charge on any atom is 0.257 e. The van der Waals surface area contributed by atoms with Gasteiger partial charge in [0.2, 0.25) is 0 Å². The molecule has 0 saturated carbocycles. The van der Waals surface area contributed by atoms with Crippen LogP contribution in [0.1, 0.15) is 30.6 Å². The van der Waals surface area contributed by atoms with Gasteiger partial charge in [0.05, 0.1) is 12.7 Å². The summed E-state index contributed by atoms with van der Waals surface area (Å²) in [5.41, 5.74) is 0.648. The van der Waals surface area contributed by atoms with E-state index in [9.17, 15) is 4.79 Å². The van der Waals surface area contributed by atoms with Crippen LogP contribution in [0.25, 0.3) is 0 Å². The van der Waals surface area contributed by atoms with Crippen molar-refractivity contribution >= 4 is 21.8 Å². The van der Waals surface area contributed by atoms with Crippen LogP contribution < -0.4 is 4.74 Å². The summed E-state index contributed by atoms with van der Waals surface area (Å²) in [4.78, 5) is 14.5. The minimum atomic E-state index is 0.0764. The van der Waals surface area contributed by atoms with Crippen LogP contribution >= 0.6 is 15.9 Å². The van der Waals surface area contributed by atoms with Crippen molar-refractivity contribution in [2.45, 2.75) is 20.3 Å². The molecule has 104 valence electrons. The molecule has 1 unspecified atom stereocenters. The number of methoxy groups -OCH3 is 1. The Kier molecular flexibility index (Phi) is 4.50. The molecule has 0 radical (unpaired) electrons. The molecule has 19 heavy (non-hydrogen) atoms. The van der Waals surface area contributed by atoms with Gasteiger partial charge in [0.1, 0.15) is 5.75 Å². The van der Waals surface area contributed by atoms with Gasteiger partial charge in [0.25, 0.3) is 5.91 Å². The van der Waals surface area contributed by atoms with E-state index in [0.29, 0.717) is 23.1 Å². The molecule has 1 atom stereocenters. The number of amides is 1. The highest BCUT2D eigenvalue weighted by molar-refractivity contribution is 9.10. The minimum Gasteiger partial charge on any atom is -0.496 e. The molecule has 2 rings (SSSR count). The molecule has 1 aromatic carbocycles. The highest BCUT2D eigenvalue weighted by Gasteiger charge is 2.29. The standard InChI is InChI=1S/C15H20BrNO2/c1-10(2)11-6-7-17(9-11)15(18)13-5-4-12(16)8-14(13)19-3/h4-5,8,10-11H,6-7,9H2,1-3H3. The molecule has 1 fully saturated rings. The normalized spacial score (nSPS) is 19.0. The average Bonchev–Trinajstić information content (AvgIpc) is 2.87. The van der Waals surface area contributed by atoms with Crippen LogP contribution in [-0.4, -0.2) is 31.0 Å². The van der Waals surface area contributed by atoms with E-state index in [1.54, 1.807) is 7.11 Å². The average molecular weight is 326 g/mol. The predicted molar refractivity (Wildman–Crippen MR) is 79.5 cm³/mol. The molecule has 4 heteroatoms. The summed E-state index contributed by atoms with van der Waals surface area (Å²) in [5, 5.41) is 0. The summed E-state index contributed by atoms with van der Waals surface area (Å²) in [6.45, 7) is 6.15. The second-order valence-electron chi connectivity index (χ2n) is 5.39. The number of rotatable bonds is 3. The fourth-order valence-corrected chi connectivity index (χ4v) is 2.87. The van der Waals surface area contributed by atoms with Crippen molar-refractivity contribution in [3.63, 3.8) is 0 Å². The maximum absolute atomic E-state index is 12.5. The van der Waals surface area contributed by atoms with Crippen LogP contribution in [0.4, 0.5) is 0 Å². The third kappa shape index (κ3) is 3.11. The molecule has 0 aromatic heterocycles. The minimum absolute atomic E-state index is 0.0764. The van der Waals surface area contributed by atoms with Gasteiger partial charge in [-0.25, -0.2) is 0 Å². The van der Waals surface area contributed by atoms with Gasteiger partial charge >= 0.3 is 0 Å². The lowest BCUT2D eigenvalue weighted by atomic mass is 9.95. The summed E-state index contributed by atoms with van der Waals surface area (Å²) in [6.07, 6.45) is 1.10. The summed E-state index contributed by atoms with van der Waals surface area (Å²) in [7, 11) is 1.60. The Morgan fingerprint density at radius 3 is 2.79 bits per heavy atom. The van der Waals surface area contributed by atoms with Crippen molar-refractivity contribution < 1.29 is 9.53 Å². The molecular weight excluding hydrogens is 306 g/mol. The van der Waals surface area contributed by atoms with Crippen LogP contribution in [0.15, 0.2) is 22.7 Å². The Morgan fingerprint density at radius 2 is 2.21 bits per heavy atom. The zero-order valence-electron chi connectivity index (χ0n) is 11.6. The summed E-state index contributed by atoms with van der Waals surface area (Å²) in [5.74, 6) is 1.95. The number of ether oxygens (including phenoxy) is 1. The first-order valence-electron chi connectivity index (χ1n) is 6.65. The van der Waals surface area contributed by atoms with Gasteiger partial charge in [0, 0.05) is 17.6 Å². The van der Waals surface area contributed by atoms with E-state index in [1.807, 2.05) is 23.1 Å². The summed E-state index contributed by atoms with van der Waals surface area (Å²) >= 11 is 3.39. The molecule has 0 spiro atoms. The fourth-order valence-electron chi connectivity index (χ4n) is 2.53. The number of nitrogens with zero attached hydrogens (tertiary/aromatic N) is 1. The number of carbonyl (C=O) groups excluding carboxylic acids is 1. The van der Waals surface area contributed by atoms with Crippen LogP contribution in [-0.2, 0) is 0 Å². The van der Waals surface area contributed by atoms with Crippen molar-refractivity contribution in [1.82, 2.24) is 4.90 Å². The van der Waals surface area contributed by atoms with Gasteiger partial charge in [-0.3, -0.25) is 4.79 Å². The van der Waals surface area contributed by atoms with Gasteiger partial charge in [-0.15, -0.1) is 0 Å². The van der Waals surface area contributed by atoms with E-state index >= 15 is 0 Å². The van der Waals surface area contributed by atoms with E-state index < -0.39 is 0 Å². The Morgan fingerprint density at radius 1 is 1.47 bits per heavy atom. The van der Waals surface area contributed by atoms with Crippen molar-refractivity contribution in [3.05, 3.63) is 28.2 Å². The monoisotopic (exact) mass is 325 g/mol. The van der Waals surface area contributed by atoms with E-state index in [-0.39, 0.29) is 5.91 Å². The molecule has 0 bridgehead atoms. The van der Waals surface area contributed by atoms with Crippen LogP contribution in [0.2, 0.25) is 0 Å². The van der Waals surface area contributed by atoms with Gasteiger partial charge in [-0.1, -0.05) is 29.8 Å². The summed E-state index contributed by atoms with van der Waals surface area (Å²) < 4.78 is 6.22. The summed E-state index contributed by atoms with van der Waals surface area (Å²) in [6, 6.07) is 5.54. The fraction of sp³-hybridized carbons (Fsp3) is 0.533. The third-order valence-electron chi connectivity index (χ3n) is 3.85. The molecule has 3 nitrogen and oxygen atoms in total. The second-order valence-corrected chi connectivity index (χ2v) is 6.30. The number of halogens is 1. The number of hydrogen-bond donors (Lipinski definition) is 0. The van der Waals surface area contributed by atoms with Crippen molar-refractivity contribution in [1.29, 1.82) is 0 Å². The lowest BCUT2D eigenvalue weighted by Crippen LogP contribution is -2.29. The zero-order chi connectivity index (χ0) is 14.0. The van der Waals surface area contributed by atoms with E-state index in [4.69, 9.17) is 4.74 Å². The molecule has 1 amide bonds. The molecular formula is C15H20BrNO2. The lowest BCUT2D eigenvalue weighted by Gasteiger charge is -2.19. The zero-order valence-corrected chi connectivity index (χ0v) is 13.2.